The van der Waals surface area contributed by atoms with Gasteiger partial charge in [0.2, 0.25) is 0 Å². The Morgan fingerprint density at radius 1 is 1.55 bits per heavy atom. The molecule has 1 atom stereocenters. The van der Waals surface area contributed by atoms with Gasteiger partial charge in [-0.3, -0.25) is 4.79 Å². The summed E-state index contributed by atoms with van der Waals surface area (Å²) in [5, 5.41) is 8.77. The smallest absolute Gasteiger partial charge is 0.303 e. The molecule has 1 aromatic rings. The predicted octanol–water partition coefficient (Wildman–Crippen LogP) is 2.36. The molecule has 5 nitrogen and oxygen atoms in total. The van der Waals surface area contributed by atoms with E-state index in [-0.39, 0.29) is 12.5 Å². The van der Waals surface area contributed by atoms with Gasteiger partial charge in [0.1, 0.15) is 17.5 Å². The van der Waals surface area contributed by atoms with Gasteiger partial charge in [0.25, 0.3) is 0 Å². The summed E-state index contributed by atoms with van der Waals surface area (Å²) in [6, 6.07) is 5.65. The third kappa shape index (κ3) is 3.15. The van der Waals surface area contributed by atoms with Gasteiger partial charge in [0.15, 0.2) is 0 Å². The molecule has 2 rings (SSSR count). The van der Waals surface area contributed by atoms with Crippen molar-refractivity contribution < 1.29 is 14.6 Å². The summed E-state index contributed by atoms with van der Waals surface area (Å²) in [5.41, 5.74) is 7.63. The maximum absolute atomic E-state index is 10.7. The number of rotatable bonds is 5. The molecule has 0 saturated carbocycles. The van der Waals surface area contributed by atoms with Gasteiger partial charge in [-0.25, -0.2) is 0 Å². The molecule has 0 bridgehead atoms. The Kier molecular flexibility index (Phi) is 4.37. The van der Waals surface area contributed by atoms with Gasteiger partial charge >= 0.3 is 5.97 Å². The fraction of sp³-hybridized carbons (Fsp3) is 0.533. The maximum Gasteiger partial charge on any atom is 0.303 e. The van der Waals surface area contributed by atoms with Gasteiger partial charge in [-0.05, 0) is 24.5 Å². The van der Waals surface area contributed by atoms with Crippen molar-refractivity contribution in [3.63, 3.8) is 0 Å². The maximum atomic E-state index is 10.7. The van der Waals surface area contributed by atoms with E-state index in [1.807, 2.05) is 18.2 Å². The topological polar surface area (TPSA) is 75.8 Å². The lowest BCUT2D eigenvalue weighted by Gasteiger charge is -2.38. The minimum atomic E-state index is -0.764. The van der Waals surface area contributed by atoms with Crippen LogP contribution in [-0.4, -0.2) is 30.3 Å². The number of nitrogens with two attached hydrogens (primary N) is 1. The zero-order valence-electron chi connectivity index (χ0n) is 12.0. The lowest BCUT2D eigenvalue weighted by atomic mass is 10.0. The Morgan fingerprint density at radius 2 is 2.30 bits per heavy atom. The molecule has 0 radical (unpaired) electrons. The molecular formula is C15H22N2O3. The molecule has 5 heteroatoms. The number of hydrogen-bond donors (Lipinski definition) is 2. The van der Waals surface area contributed by atoms with Gasteiger partial charge < -0.3 is 20.5 Å². The van der Waals surface area contributed by atoms with Crippen molar-refractivity contribution in [2.24, 2.45) is 5.92 Å². The van der Waals surface area contributed by atoms with Crippen molar-refractivity contribution >= 4 is 17.3 Å². The van der Waals surface area contributed by atoms with Crippen molar-refractivity contribution in [3.8, 4) is 5.75 Å². The molecule has 0 saturated heterocycles. The SMILES string of the molecule is CC(C)C1CN(CCCC(=O)O)c2c(N)cccc2O1. The second kappa shape index (κ2) is 6.03. The summed E-state index contributed by atoms with van der Waals surface area (Å²) < 4.78 is 5.99. The van der Waals surface area contributed by atoms with Crippen LogP contribution >= 0.6 is 0 Å². The van der Waals surface area contributed by atoms with E-state index >= 15 is 0 Å². The molecule has 110 valence electrons. The normalized spacial score (nSPS) is 17.8. The first-order valence-corrected chi connectivity index (χ1v) is 7.01. The summed E-state index contributed by atoms with van der Waals surface area (Å²) in [5.74, 6) is 0.428. The standard InChI is InChI=1S/C15H22N2O3/c1-10(2)13-9-17(8-4-7-14(18)19)15-11(16)5-3-6-12(15)20-13/h3,5-6,10,13H,4,7-9,16H2,1-2H3,(H,18,19). The van der Waals surface area contributed by atoms with Gasteiger partial charge in [-0.15, -0.1) is 0 Å². The molecule has 1 heterocycles. The van der Waals surface area contributed by atoms with Crippen LogP contribution in [0.2, 0.25) is 0 Å². The number of para-hydroxylation sites is 1. The van der Waals surface area contributed by atoms with Crippen molar-refractivity contribution in [3.05, 3.63) is 18.2 Å². The number of carbonyl (C=O) groups is 1. The number of carboxylic acids is 1. The number of aliphatic carboxylic acids is 1. The Hall–Kier alpha value is -1.91. The lowest BCUT2D eigenvalue weighted by molar-refractivity contribution is -0.137. The molecule has 1 aliphatic heterocycles. The highest BCUT2D eigenvalue weighted by atomic mass is 16.5. The summed E-state index contributed by atoms with van der Waals surface area (Å²) >= 11 is 0. The molecule has 1 aromatic carbocycles. The van der Waals surface area contributed by atoms with Crippen LogP contribution in [0.15, 0.2) is 18.2 Å². The molecule has 1 aliphatic rings. The summed E-state index contributed by atoms with van der Waals surface area (Å²) in [7, 11) is 0. The van der Waals surface area contributed by atoms with Crippen LogP contribution in [-0.2, 0) is 4.79 Å². The fourth-order valence-corrected chi connectivity index (χ4v) is 2.45. The third-order valence-corrected chi connectivity index (χ3v) is 3.59. The largest absolute Gasteiger partial charge is 0.486 e. The van der Waals surface area contributed by atoms with Crippen molar-refractivity contribution in [2.75, 3.05) is 23.7 Å². The zero-order valence-corrected chi connectivity index (χ0v) is 12.0. The zero-order chi connectivity index (χ0) is 14.7. The first kappa shape index (κ1) is 14.5. The molecule has 0 aliphatic carbocycles. The number of benzene rings is 1. The average molecular weight is 278 g/mol. The first-order valence-electron chi connectivity index (χ1n) is 7.01. The monoisotopic (exact) mass is 278 g/mol. The van der Waals surface area contributed by atoms with E-state index < -0.39 is 5.97 Å². The molecular weight excluding hydrogens is 256 g/mol. The molecule has 0 spiro atoms. The summed E-state index contributed by atoms with van der Waals surface area (Å²) in [6.07, 6.45) is 0.883. The summed E-state index contributed by atoms with van der Waals surface area (Å²) in [4.78, 5) is 12.8. The van der Waals surface area contributed by atoms with Gasteiger partial charge in [-0.2, -0.15) is 0 Å². The molecule has 0 amide bonds. The molecule has 0 fully saturated rings. The Labute approximate surface area is 119 Å². The average Bonchev–Trinajstić information content (AvgIpc) is 2.37. The number of nitrogens with zero attached hydrogens (tertiary/aromatic N) is 1. The van der Waals surface area contributed by atoms with Crippen molar-refractivity contribution in [1.29, 1.82) is 0 Å². The van der Waals surface area contributed by atoms with Crippen molar-refractivity contribution in [1.82, 2.24) is 0 Å². The van der Waals surface area contributed by atoms with Crippen LogP contribution in [0, 0.1) is 5.92 Å². The van der Waals surface area contributed by atoms with Gasteiger partial charge in [-0.1, -0.05) is 19.9 Å². The molecule has 20 heavy (non-hydrogen) atoms. The predicted molar refractivity (Wildman–Crippen MR) is 79.2 cm³/mol. The fourth-order valence-electron chi connectivity index (χ4n) is 2.45. The highest BCUT2D eigenvalue weighted by molar-refractivity contribution is 5.76. The van der Waals surface area contributed by atoms with Crippen LogP contribution < -0.4 is 15.4 Å². The van der Waals surface area contributed by atoms with Crippen LogP contribution in [0.1, 0.15) is 26.7 Å². The van der Waals surface area contributed by atoms with E-state index in [4.69, 9.17) is 15.6 Å². The minimum absolute atomic E-state index is 0.106. The number of carboxylic acid groups (broad SMARTS) is 1. The quantitative estimate of drug-likeness (QED) is 0.809. The Morgan fingerprint density at radius 3 is 2.95 bits per heavy atom. The number of hydrogen-bond acceptors (Lipinski definition) is 4. The Balaban J connectivity index is 2.19. The van der Waals surface area contributed by atoms with E-state index in [0.717, 1.165) is 18.0 Å². The molecule has 1 unspecified atom stereocenters. The van der Waals surface area contributed by atoms with Crippen molar-refractivity contribution in [2.45, 2.75) is 32.8 Å². The van der Waals surface area contributed by atoms with Gasteiger partial charge in [0, 0.05) is 13.0 Å². The number of ether oxygens (including phenoxy) is 1. The molecule has 3 N–H and O–H groups in total. The van der Waals surface area contributed by atoms with E-state index in [9.17, 15) is 4.79 Å². The lowest BCUT2D eigenvalue weighted by Crippen LogP contribution is -2.43. The number of fused-ring (bicyclic) bond motifs is 1. The second-order valence-corrected chi connectivity index (χ2v) is 5.54. The van der Waals surface area contributed by atoms with E-state index in [1.165, 1.54) is 0 Å². The highest BCUT2D eigenvalue weighted by Gasteiger charge is 2.28. The van der Waals surface area contributed by atoms with E-state index in [2.05, 4.69) is 18.7 Å². The highest BCUT2D eigenvalue weighted by Crippen LogP contribution is 2.39. The van der Waals surface area contributed by atoms with Crippen LogP contribution in [0.25, 0.3) is 0 Å². The second-order valence-electron chi connectivity index (χ2n) is 5.54. The number of anilines is 2. The number of nitrogen functional groups attached to an aromatic ring is 1. The van der Waals surface area contributed by atoms with Crippen LogP contribution in [0.3, 0.4) is 0 Å². The minimum Gasteiger partial charge on any atom is -0.486 e. The van der Waals surface area contributed by atoms with E-state index in [0.29, 0.717) is 24.6 Å². The van der Waals surface area contributed by atoms with Gasteiger partial charge in [0.05, 0.1) is 12.2 Å². The third-order valence-electron chi connectivity index (χ3n) is 3.59. The first-order chi connectivity index (χ1) is 9.49. The van der Waals surface area contributed by atoms with Crippen LogP contribution in [0.4, 0.5) is 11.4 Å². The molecule has 0 aromatic heterocycles. The Bertz CT molecular complexity index is 488. The van der Waals surface area contributed by atoms with Crippen LogP contribution in [0.5, 0.6) is 5.75 Å². The van der Waals surface area contributed by atoms with E-state index in [1.54, 1.807) is 0 Å². The summed E-state index contributed by atoms with van der Waals surface area (Å²) in [6.45, 7) is 5.67.